The van der Waals surface area contributed by atoms with Crippen LogP contribution in [0.15, 0.2) is 28.0 Å². The first-order valence-electron chi connectivity index (χ1n) is 12.3. The maximum absolute atomic E-state index is 13.5. The summed E-state index contributed by atoms with van der Waals surface area (Å²) in [7, 11) is -4.14. The van der Waals surface area contributed by atoms with Crippen LogP contribution in [0.25, 0.3) is 0 Å². The van der Waals surface area contributed by atoms with Crippen molar-refractivity contribution in [2.75, 3.05) is 40.4 Å². The number of hydrogen-bond acceptors (Lipinski definition) is 6. The number of ether oxygens (including phenoxy) is 2. The number of rotatable bonds is 8. The van der Waals surface area contributed by atoms with Crippen LogP contribution in [0.4, 0.5) is 0 Å². The molecule has 0 spiro atoms. The summed E-state index contributed by atoms with van der Waals surface area (Å²) in [6, 6.07) is 4.49. The Balaban J connectivity index is 0.00000199. The van der Waals surface area contributed by atoms with Crippen LogP contribution >= 0.6 is 0 Å². The quantitative estimate of drug-likeness (QED) is 0.519. The largest absolute Gasteiger partial charge is 0.381 e. The second-order valence-electron chi connectivity index (χ2n) is 8.69. The molecule has 0 saturated carbocycles. The van der Waals surface area contributed by atoms with Crippen LogP contribution in [0.1, 0.15) is 71.3 Å². The lowest BCUT2D eigenvalue weighted by molar-refractivity contribution is 0.0602. The molecule has 2 fully saturated rings. The van der Waals surface area contributed by atoms with Crippen LogP contribution in [0.3, 0.4) is 0 Å². The van der Waals surface area contributed by atoms with Crippen molar-refractivity contribution >= 4 is 20.0 Å². The molecule has 2 heterocycles. The molecule has 1 aromatic carbocycles. The molecule has 10 heteroatoms. The first-order valence-corrected chi connectivity index (χ1v) is 15.2. The van der Waals surface area contributed by atoms with E-state index in [1.165, 1.54) is 20.7 Å². The van der Waals surface area contributed by atoms with E-state index in [-0.39, 0.29) is 27.9 Å². The average Bonchev–Trinajstić information content (AvgIpc) is 2.89. The molecule has 0 radical (unpaired) electrons. The van der Waals surface area contributed by atoms with E-state index >= 15 is 0 Å². The van der Waals surface area contributed by atoms with Crippen LogP contribution in [-0.2, 0) is 29.5 Å². The van der Waals surface area contributed by atoms with Gasteiger partial charge in [0, 0.05) is 40.4 Å². The van der Waals surface area contributed by atoms with Gasteiger partial charge in [0.25, 0.3) is 0 Å². The summed E-state index contributed by atoms with van der Waals surface area (Å²) < 4.78 is 67.2. The third-order valence-corrected chi connectivity index (χ3v) is 10.7. The van der Waals surface area contributed by atoms with Crippen molar-refractivity contribution in [3.63, 3.8) is 0 Å². The Hall–Kier alpha value is -1.04. The third-order valence-electron chi connectivity index (χ3n) is 6.85. The number of piperidine rings is 2. The molecule has 2 aliphatic rings. The standard InChI is InChI=1S/C22H36N2O6S2.C2H6/c1-5-17(2)21-16-20(31(25,26)23-12-8-18(29-3)9-13-23)6-7-22(21)32(27,28)24-14-10-19(30-4)11-15-24;1-2/h6-7,16-19H,5,8-15H2,1-4H3;1-2H3. The molecule has 8 nitrogen and oxygen atoms in total. The van der Waals surface area contributed by atoms with Gasteiger partial charge in [0.2, 0.25) is 20.0 Å². The number of benzene rings is 1. The molecule has 2 saturated heterocycles. The highest BCUT2D eigenvalue weighted by atomic mass is 32.2. The normalized spacial score (nSPS) is 20.5. The van der Waals surface area contributed by atoms with E-state index in [4.69, 9.17) is 9.47 Å². The van der Waals surface area contributed by atoms with Gasteiger partial charge in [-0.05, 0) is 61.8 Å². The van der Waals surface area contributed by atoms with Crippen molar-refractivity contribution in [3.05, 3.63) is 23.8 Å². The van der Waals surface area contributed by atoms with E-state index in [9.17, 15) is 16.8 Å². The molecule has 1 aromatic rings. The minimum absolute atomic E-state index is 0.0743. The number of nitrogens with zero attached hydrogens (tertiary/aromatic N) is 2. The first-order chi connectivity index (χ1) is 16.1. The second-order valence-corrected chi connectivity index (χ2v) is 12.5. The predicted octanol–water partition coefficient (Wildman–Crippen LogP) is 3.83. The van der Waals surface area contributed by atoms with Crippen molar-refractivity contribution in [2.24, 2.45) is 0 Å². The van der Waals surface area contributed by atoms with E-state index in [2.05, 4.69) is 0 Å². The van der Waals surface area contributed by atoms with Crippen LogP contribution in [0.2, 0.25) is 0 Å². The molecule has 0 N–H and O–H groups in total. The fourth-order valence-electron chi connectivity index (χ4n) is 4.43. The van der Waals surface area contributed by atoms with E-state index < -0.39 is 20.0 Å². The van der Waals surface area contributed by atoms with Gasteiger partial charge >= 0.3 is 0 Å². The predicted molar refractivity (Wildman–Crippen MR) is 134 cm³/mol. The lowest BCUT2D eigenvalue weighted by Gasteiger charge is -2.32. The number of sulfonamides is 2. The lowest BCUT2D eigenvalue weighted by atomic mass is 9.99. The SMILES string of the molecule is CC.CCC(C)c1cc(S(=O)(=O)N2CCC(OC)CC2)ccc1S(=O)(=O)N1CCC(OC)CC1. The van der Waals surface area contributed by atoms with Gasteiger partial charge < -0.3 is 9.47 Å². The van der Waals surface area contributed by atoms with E-state index in [0.717, 1.165) is 0 Å². The maximum Gasteiger partial charge on any atom is 0.243 e. The van der Waals surface area contributed by atoms with E-state index in [1.807, 2.05) is 27.7 Å². The number of hydrogen-bond donors (Lipinski definition) is 0. The minimum Gasteiger partial charge on any atom is -0.381 e. The molecule has 0 aliphatic carbocycles. The fraction of sp³-hybridized carbons (Fsp3) is 0.750. The zero-order valence-corrected chi connectivity index (χ0v) is 23.1. The minimum atomic E-state index is -3.72. The summed E-state index contributed by atoms with van der Waals surface area (Å²) in [5.74, 6) is -0.0920. The van der Waals surface area contributed by atoms with Crippen LogP contribution in [-0.4, -0.2) is 78.1 Å². The summed E-state index contributed by atoms with van der Waals surface area (Å²) >= 11 is 0. The van der Waals surface area contributed by atoms with Gasteiger partial charge in [-0.15, -0.1) is 0 Å². The Morgan fingerprint density at radius 3 is 1.71 bits per heavy atom. The Kier molecular flexibility index (Phi) is 11.0. The average molecular weight is 519 g/mol. The Bertz CT molecular complexity index is 981. The second kappa shape index (κ2) is 12.8. The van der Waals surface area contributed by atoms with Gasteiger partial charge in [0.15, 0.2) is 0 Å². The summed E-state index contributed by atoms with van der Waals surface area (Å²) in [6.45, 7) is 9.50. The summed E-state index contributed by atoms with van der Waals surface area (Å²) in [5.41, 5.74) is 0.564. The van der Waals surface area contributed by atoms with Crippen molar-refractivity contribution in [3.8, 4) is 0 Å². The molecule has 0 amide bonds. The van der Waals surface area contributed by atoms with Gasteiger partial charge in [0.05, 0.1) is 22.0 Å². The Morgan fingerprint density at radius 1 is 0.853 bits per heavy atom. The highest BCUT2D eigenvalue weighted by Crippen LogP contribution is 2.33. The summed E-state index contributed by atoms with van der Waals surface area (Å²) in [5, 5.41) is 0. The fourth-order valence-corrected chi connectivity index (χ4v) is 7.70. The first kappa shape index (κ1) is 29.2. The highest BCUT2D eigenvalue weighted by molar-refractivity contribution is 7.89. The molecule has 196 valence electrons. The monoisotopic (exact) mass is 518 g/mol. The zero-order chi connectivity index (χ0) is 25.5. The molecule has 2 aliphatic heterocycles. The van der Waals surface area contributed by atoms with Crippen molar-refractivity contribution in [2.45, 2.75) is 87.7 Å². The summed E-state index contributed by atoms with van der Waals surface area (Å²) in [6.07, 6.45) is 3.46. The van der Waals surface area contributed by atoms with Gasteiger partial charge in [-0.25, -0.2) is 16.8 Å². The molecule has 0 bridgehead atoms. The zero-order valence-electron chi connectivity index (χ0n) is 21.5. The molecule has 1 unspecified atom stereocenters. The Morgan fingerprint density at radius 2 is 1.29 bits per heavy atom. The number of methoxy groups -OCH3 is 2. The third kappa shape index (κ3) is 6.39. The smallest absolute Gasteiger partial charge is 0.243 e. The maximum atomic E-state index is 13.5. The summed E-state index contributed by atoms with van der Waals surface area (Å²) in [4.78, 5) is 0.362. The molecule has 0 aromatic heterocycles. The lowest BCUT2D eigenvalue weighted by Crippen LogP contribution is -2.41. The van der Waals surface area contributed by atoms with E-state index in [0.29, 0.717) is 63.8 Å². The molecule has 34 heavy (non-hydrogen) atoms. The Labute approximate surface area is 206 Å². The molecular formula is C24H42N2O6S2. The van der Waals surface area contributed by atoms with Crippen molar-refractivity contribution < 1.29 is 26.3 Å². The van der Waals surface area contributed by atoms with Crippen LogP contribution < -0.4 is 0 Å². The van der Waals surface area contributed by atoms with Gasteiger partial charge in [-0.1, -0.05) is 27.7 Å². The van der Waals surface area contributed by atoms with Gasteiger partial charge in [0.1, 0.15) is 0 Å². The van der Waals surface area contributed by atoms with Crippen LogP contribution in [0, 0.1) is 0 Å². The highest BCUT2D eigenvalue weighted by Gasteiger charge is 2.34. The molecular weight excluding hydrogens is 476 g/mol. The van der Waals surface area contributed by atoms with Crippen molar-refractivity contribution in [1.82, 2.24) is 8.61 Å². The molecule has 3 rings (SSSR count). The van der Waals surface area contributed by atoms with Crippen molar-refractivity contribution in [1.29, 1.82) is 0 Å². The van der Waals surface area contributed by atoms with Crippen LogP contribution in [0.5, 0.6) is 0 Å². The van der Waals surface area contributed by atoms with Gasteiger partial charge in [-0.3, -0.25) is 0 Å². The molecule has 1 atom stereocenters. The van der Waals surface area contributed by atoms with Gasteiger partial charge in [-0.2, -0.15) is 8.61 Å². The van der Waals surface area contributed by atoms with E-state index in [1.54, 1.807) is 20.3 Å². The topological polar surface area (TPSA) is 93.2 Å².